The molecule has 0 saturated carbocycles. The highest BCUT2D eigenvalue weighted by atomic mass is 16.5. The maximum Gasteiger partial charge on any atom is 0.322 e. The van der Waals surface area contributed by atoms with Crippen molar-refractivity contribution in [1.82, 2.24) is 4.90 Å². The molecule has 106 valence electrons. The molecule has 0 bridgehead atoms. The summed E-state index contributed by atoms with van der Waals surface area (Å²) in [6.45, 7) is 10.8. The third-order valence-electron chi connectivity index (χ3n) is 3.02. The molecule has 0 spiro atoms. The summed E-state index contributed by atoms with van der Waals surface area (Å²) >= 11 is 0. The summed E-state index contributed by atoms with van der Waals surface area (Å²) in [6, 6.07) is -0.538. The van der Waals surface area contributed by atoms with Gasteiger partial charge in [-0.3, -0.25) is 9.69 Å². The highest BCUT2D eigenvalue weighted by Crippen LogP contribution is 2.27. The Morgan fingerprint density at radius 2 is 1.83 bits per heavy atom. The highest BCUT2D eigenvalue weighted by Gasteiger charge is 2.37. The third-order valence-corrected chi connectivity index (χ3v) is 3.02. The molecule has 0 aromatic heterocycles. The van der Waals surface area contributed by atoms with Gasteiger partial charge in [0, 0.05) is 19.6 Å². The van der Waals surface area contributed by atoms with Gasteiger partial charge >= 0.3 is 5.97 Å². The predicted molar refractivity (Wildman–Crippen MR) is 70.3 cm³/mol. The summed E-state index contributed by atoms with van der Waals surface area (Å²) in [5.41, 5.74) is 5.41. The van der Waals surface area contributed by atoms with Crippen molar-refractivity contribution in [2.24, 2.45) is 5.73 Å². The number of ether oxygens (including phenoxy) is 2. The summed E-state index contributed by atoms with van der Waals surface area (Å²) in [7, 11) is 1.36. The number of morpholine rings is 1. The van der Waals surface area contributed by atoms with E-state index in [9.17, 15) is 4.79 Å². The summed E-state index contributed by atoms with van der Waals surface area (Å²) in [4.78, 5) is 13.5. The number of carbonyl (C=O) groups excluding carboxylic acids is 1. The Hall–Kier alpha value is -0.650. The highest BCUT2D eigenvalue weighted by molar-refractivity contribution is 5.75. The lowest BCUT2D eigenvalue weighted by Gasteiger charge is -2.47. The molecule has 0 aromatic carbocycles. The Morgan fingerprint density at radius 3 is 2.28 bits per heavy atom. The van der Waals surface area contributed by atoms with Crippen LogP contribution in [0.15, 0.2) is 0 Å². The van der Waals surface area contributed by atoms with Crippen molar-refractivity contribution < 1.29 is 14.3 Å². The molecule has 1 fully saturated rings. The second kappa shape index (κ2) is 5.55. The number of methoxy groups -OCH3 is 1. The standard InChI is InChI=1S/C13H26N2O3/c1-12(2)8-15(9-13(3,4)18-12)7-6-10(14)11(16)17-5/h10H,6-9,14H2,1-5H3. The molecule has 1 aliphatic heterocycles. The molecule has 0 aromatic rings. The number of nitrogens with zero attached hydrogens (tertiary/aromatic N) is 1. The van der Waals surface area contributed by atoms with Crippen LogP contribution in [0.4, 0.5) is 0 Å². The molecule has 0 aliphatic carbocycles. The van der Waals surface area contributed by atoms with Gasteiger partial charge in [-0.25, -0.2) is 0 Å². The van der Waals surface area contributed by atoms with Gasteiger partial charge in [0.25, 0.3) is 0 Å². The van der Waals surface area contributed by atoms with Crippen LogP contribution >= 0.6 is 0 Å². The molecule has 1 heterocycles. The van der Waals surface area contributed by atoms with Crippen LogP contribution in [0, 0.1) is 0 Å². The van der Waals surface area contributed by atoms with E-state index in [2.05, 4.69) is 37.3 Å². The molecule has 18 heavy (non-hydrogen) atoms. The molecule has 5 heteroatoms. The molecule has 0 amide bonds. The van der Waals surface area contributed by atoms with Crippen molar-refractivity contribution in [2.75, 3.05) is 26.7 Å². The number of rotatable bonds is 4. The van der Waals surface area contributed by atoms with Crippen LogP contribution < -0.4 is 5.73 Å². The lowest BCUT2D eigenvalue weighted by molar-refractivity contribution is -0.180. The van der Waals surface area contributed by atoms with E-state index in [1.807, 2.05) is 0 Å². The Labute approximate surface area is 110 Å². The summed E-state index contributed by atoms with van der Waals surface area (Å²) in [5.74, 6) is -0.346. The molecule has 1 saturated heterocycles. The third kappa shape index (κ3) is 4.55. The lowest BCUT2D eigenvalue weighted by Crippen LogP contribution is -2.57. The monoisotopic (exact) mass is 258 g/mol. The van der Waals surface area contributed by atoms with E-state index in [0.717, 1.165) is 19.6 Å². The average molecular weight is 258 g/mol. The fraction of sp³-hybridized carbons (Fsp3) is 0.923. The van der Waals surface area contributed by atoms with Crippen LogP contribution in [0.1, 0.15) is 34.1 Å². The van der Waals surface area contributed by atoms with Crippen molar-refractivity contribution in [2.45, 2.75) is 51.4 Å². The van der Waals surface area contributed by atoms with Crippen molar-refractivity contribution >= 4 is 5.97 Å². The minimum absolute atomic E-state index is 0.170. The van der Waals surface area contributed by atoms with Gasteiger partial charge < -0.3 is 15.2 Å². The zero-order valence-electron chi connectivity index (χ0n) is 12.2. The molecule has 1 aliphatic rings. The van der Waals surface area contributed by atoms with Gasteiger partial charge in [0.15, 0.2) is 0 Å². The van der Waals surface area contributed by atoms with E-state index in [1.54, 1.807) is 0 Å². The van der Waals surface area contributed by atoms with Crippen molar-refractivity contribution in [1.29, 1.82) is 0 Å². The predicted octanol–water partition coefficient (Wildman–Crippen LogP) is 0.766. The summed E-state index contributed by atoms with van der Waals surface area (Å²) < 4.78 is 10.6. The van der Waals surface area contributed by atoms with Crippen molar-refractivity contribution in [3.05, 3.63) is 0 Å². The van der Waals surface area contributed by atoms with Gasteiger partial charge in [0.1, 0.15) is 6.04 Å². The molecule has 1 rings (SSSR count). The lowest BCUT2D eigenvalue weighted by atomic mass is 9.98. The van der Waals surface area contributed by atoms with Crippen LogP contribution in [0.5, 0.6) is 0 Å². The van der Waals surface area contributed by atoms with Gasteiger partial charge in [-0.05, 0) is 34.1 Å². The maximum atomic E-state index is 11.2. The number of esters is 1. The van der Waals surface area contributed by atoms with Crippen LogP contribution in [0.25, 0.3) is 0 Å². The molecular weight excluding hydrogens is 232 g/mol. The minimum Gasteiger partial charge on any atom is -0.468 e. The Morgan fingerprint density at radius 1 is 1.33 bits per heavy atom. The molecule has 1 unspecified atom stereocenters. The van der Waals surface area contributed by atoms with E-state index in [4.69, 9.17) is 10.5 Å². The quantitative estimate of drug-likeness (QED) is 0.754. The molecule has 1 atom stereocenters. The SMILES string of the molecule is COC(=O)C(N)CCN1CC(C)(C)OC(C)(C)C1. The summed E-state index contributed by atoms with van der Waals surface area (Å²) in [5, 5.41) is 0. The first-order chi connectivity index (χ1) is 8.15. The average Bonchev–Trinajstić information content (AvgIpc) is 2.20. The van der Waals surface area contributed by atoms with Crippen LogP contribution in [0.2, 0.25) is 0 Å². The molecule has 2 N–H and O–H groups in total. The molecule has 5 nitrogen and oxygen atoms in total. The number of hydrogen-bond acceptors (Lipinski definition) is 5. The first kappa shape index (κ1) is 15.4. The van der Waals surface area contributed by atoms with Gasteiger partial charge in [-0.15, -0.1) is 0 Å². The molecular formula is C13H26N2O3. The number of hydrogen-bond donors (Lipinski definition) is 1. The first-order valence-electron chi connectivity index (χ1n) is 6.41. The van der Waals surface area contributed by atoms with Gasteiger partial charge in [0.2, 0.25) is 0 Å². The second-order valence-electron chi connectivity index (χ2n) is 6.25. The van der Waals surface area contributed by atoms with Crippen LogP contribution in [-0.2, 0) is 14.3 Å². The minimum atomic E-state index is -0.538. The Kier molecular flexibility index (Phi) is 4.75. The van der Waals surface area contributed by atoms with Crippen molar-refractivity contribution in [3.8, 4) is 0 Å². The van der Waals surface area contributed by atoms with E-state index < -0.39 is 6.04 Å². The molecule has 0 radical (unpaired) electrons. The van der Waals surface area contributed by atoms with Crippen molar-refractivity contribution in [3.63, 3.8) is 0 Å². The zero-order valence-corrected chi connectivity index (χ0v) is 12.2. The van der Waals surface area contributed by atoms with E-state index >= 15 is 0 Å². The smallest absolute Gasteiger partial charge is 0.322 e. The zero-order chi connectivity index (χ0) is 14.0. The van der Waals surface area contributed by atoms with E-state index in [0.29, 0.717) is 6.42 Å². The topological polar surface area (TPSA) is 64.8 Å². The summed E-state index contributed by atoms with van der Waals surface area (Å²) in [6.07, 6.45) is 0.610. The largest absolute Gasteiger partial charge is 0.468 e. The number of carbonyl (C=O) groups is 1. The normalized spacial score (nSPS) is 24.6. The van der Waals surface area contributed by atoms with Crippen LogP contribution in [0.3, 0.4) is 0 Å². The van der Waals surface area contributed by atoms with Gasteiger partial charge in [0.05, 0.1) is 18.3 Å². The second-order valence-corrected chi connectivity index (χ2v) is 6.25. The van der Waals surface area contributed by atoms with E-state index in [1.165, 1.54) is 7.11 Å². The Balaban J connectivity index is 2.49. The van der Waals surface area contributed by atoms with Crippen LogP contribution in [-0.4, -0.2) is 54.9 Å². The first-order valence-corrected chi connectivity index (χ1v) is 6.41. The van der Waals surface area contributed by atoms with Gasteiger partial charge in [-0.1, -0.05) is 0 Å². The fourth-order valence-corrected chi connectivity index (χ4v) is 2.69. The van der Waals surface area contributed by atoms with Gasteiger partial charge in [-0.2, -0.15) is 0 Å². The fourth-order valence-electron chi connectivity index (χ4n) is 2.69. The maximum absolute atomic E-state index is 11.2. The number of nitrogens with two attached hydrogens (primary N) is 1. The van der Waals surface area contributed by atoms with E-state index in [-0.39, 0.29) is 17.2 Å². The Bertz CT molecular complexity index is 287.